The third kappa shape index (κ3) is 2.21. The van der Waals surface area contributed by atoms with Gasteiger partial charge >= 0.3 is 0 Å². The maximum absolute atomic E-state index is 10.1. The zero-order valence-corrected chi connectivity index (χ0v) is 12.1. The Morgan fingerprint density at radius 1 is 1.32 bits per heavy atom. The number of hydrogen-bond acceptors (Lipinski definition) is 9. The van der Waals surface area contributed by atoms with Gasteiger partial charge in [-0.3, -0.25) is 9.40 Å². The summed E-state index contributed by atoms with van der Waals surface area (Å²) in [6.45, 7) is -0.395. The van der Waals surface area contributed by atoms with Crippen LogP contribution in [0.15, 0.2) is 12.7 Å². The number of aliphatic hydroxyl groups excluding tert-OH is 3. The van der Waals surface area contributed by atoms with E-state index in [2.05, 4.69) is 15.0 Å². The third-order valence-electron chi connectivity index (χ3n) is 3.70. The topological polar surface area (TPSA) is 126 Å². The zero-order chi connectivity index (χ0) is 15.9. The molecule has 10 nitrogen and oxygen atoms in total. The number of fused-ring (bicyclic) bond motifs is 1. The fraction of sp³-hybridized carbons (Fsp3) is 0.583. The minimum Gasteiger partial charge on any atom is -0.394 e. The highest BCUT2D eigenvalue weighted by Crippen LogP contribution is 2.32. The van der Waals surface area contributed by atoms with Crippen molar-refractivity contribution in [2.75, 3.05) is 25.8 Å². The van der Waals surface area contributed by atoms with Gasteiger partial charge in [0.15, 0.2) is 23.2 Å². The predicted octanol–water partition coefficient (Wildman–Crippen LogP) is -1.56. The van der Waals surface area contributed by atoms with Gasteiger partial charge in [-0.1, -0.05) is 0 Å². The van der Waals surface area contributed by atoms with Crippen LogP contribution < -0.4 is 5.06 Å². The van der Waals surface area contributed by atoms with E-state index >= 15 is 0 Å². The Bertz CT molecular complexity index is 664. The highest BCUT2D eigenvalue weighted by molar-refractivity contribution is 5.82. The molecule has 0 aromatic carbocycles. The molecule has 0 amide bonds. The number of aliphatic hydroxyl groups is 3. The number of hydrogen-bond donors (Lipinski definition) is 3. The lowest BCUT2D eigenvalue weighted by molar-refractivity contribution is -0.0511. The summed E-state index contributed by atoms with van der Waals surface area (Å²) in [5.41, 5.74) is 0.883. The second-order valence-corrected chi connectivity index (χ2v) is 4.93. The van der Waals surface area contributed by atoms with Crippen molar-refractivity contribution in [2.45, 2.75) is 24.5 Å². The standard InChI is InChI=1S/C12H17N5O5/c1-16(21-2)10-7-11(14-4-13-10)17(5-15-7)12-9(20)8(19)6(3-18)22-12/h4-6,8-9,12,18-20H,3H2,1-2H3/t6-,8-,9-,12-/m1/s1. The molecule has 3 rings (SSSR count). The number of nitrogens with zero attached hydrogens (tertiary/aromatic N) is 5. The number of ether oxygens (including phenoxy) is 1. The van der Waals surface area contributed by atoms with Crippen molar-refractivity contribution in [1.82, 2.24) is 19.5 Å². The molecule has 1 fully saturated rings. The van der Waals surface area contributed by atoms with E-state index in [-0.39, 0.29) is 0 Å². The van der Waals surface area contributed by atoms with Gasteiger partial charge in [-0.2, -0.15) is 0 Å². The van der Waals surface area contributed by atoms with Gasteiger partial charge in [0, 0.05) is 7.05 Å². The van der Waals surface area contributed by atoms with Gasteiger partial charge in [-0.15, -0.1) is 0 Å². The molecule has 0 aliphatic carbocycles. The first-order chi connectivity index (χ1) is 10.6. The lowest BCUT2D eigenvalue weighted by Crippen LogP contribution is -2.33. The van der Waals surface area contributed by atoms with Crippen molar-refractivity contribution in [3.05, 3.63) is 12.7 Å². The second kappa shape index (κ2) is 5.74. The highest BCUT2D eigenvalue weighted by atomic mass is 16.7. The summed E-state index contributed by atoms with van der Waals surface area (Å²) in [5.74, 6) is 0.456. The lowest BCUT2D eigenvalue weighted by atomic mass is 10.1. The van der Waals surface area contributed by atoms with Crippen LogP contribution in [0.2, 0.25) is 0 Å². The Kier molecular flexibility index (Phi) is 3.93. The van der Waals surface area contributed by atoms with Crippen molar-refractivity contribution in [3.8, 4) is 0 Å². The Labute approximate surface area is 125 Å². The Balaban J connectivity index is 2.03. The van der Waals surface area contributed by atoms with Crippen LogP contribution in [0.5, 0.6) is 0 Å². The van der Waals surface area contributed by atoms with Gasteiger partial charge in [0.1, 0.15) is 24.6 Å². The van der Waals surface area contributed by atoms with Crippen LogP contribution >= 0.6 is 0 Å². The Hall–Kier alpha value is -1.85. The van der Waals surface area contributed by atoms with Crippen molar-refractivity contribution < 1.29 is 24.9 Å². The van der Waals surface area contributed by atoms with E-state index in [1.165, 1.54) is 29.4 Å². The van der Waals surface area contributed by atoms with Gasteiger partial charge in [0.25, 0.3) is 0 Å². The van der Waals surface area contributed by atoms with Crippen LogP contribution in [0.4, 0.5) is 5.82 Å². The molecular formula is C12H17N5O5. The van der Waals surface area contributed by atoms with Crippen molar-refractivity contribution in [1.29, 1.82) is 0 Å². The summed E-state index contributed by atoms with van der Waals surface area (Å²) in [7, 11) is 3.17. The molecule has 22 heavy (non-hydrogen) atoms. The molecule has 1 aliphatic rings. The lowest BCUT2D eigenvalue weighted by Gasteiger charge is -2.17. The number of hydroxylamine groups is 1. The number of anilines is 1. The highest BCUT2D eigenvalue weighted by Gasteiger charge is 2.44. The van der Waals surface area contributed by atoms with E-state index in [9.17, 15) is 10.2 Å². The van der Waals surface area contributed by atoms with Gasteiger partial charge < -0.3 is 20.1 Å². The van der Waals surface area contributed by atoms with Gasteiger partial charge in [0.05, 0.1) is 20.0 Å². The molecule has 0 radical (unpaired) electrons. The summed E-state index contributed by atoms with van der Waals surface area (Å²) in [5, 5.41) is 30.5. The SMILES string of the molecule is CON(C)c1ncnc2c1ncn2[C@@H]1O[C@H](CO)[C@@H](O)[C@H]1O. The first kappa shape index (κ1) is 15.1. The maximum Gasteiger partial charge on any atom is 0.183 e. The molecule has 3 heterocycles. The Morgan fingerprint density at radius 2 is 2.09 bits per heavy atom. The molecule has 1 saturated heterocycles. The molecule has 2 aromatic heterocycles. The summed E-state index contributed by atoms with van der Waals surface area (Å²) < 4.78 is 6.98. The van der Waals surface area contributed by atoms with Crippen LogP contribution in [0.1, 0.15) is 6.23 Å². The fourth-order valence-electron chi connectivity index (χ4n) is 2.45. The van der Waals surface area contributed by atoms with Crippen molar-refractivity contribution in [3.63, 3.8) is 0 Å². The van der Waals surface area contributed by atoms with Crippen LogP contribution in [-0.2, 0) is 9.57 Å². The van der Waals surface area contributed by atoms with E-state index in [0.717, 1.165) is 0 Å². The monoisotopic (exact) mass is 311 g/mol. The van der Waals surface area contributed by atoms with Gasteiger partial charge in [0.2, 0.25) is 0 Å². The first-order valence-corrected chi connectivity index (χ1v) is 6.66. The van der Waals surface area contributed by atoms with Crippen LogP contribution in [0.3, 0.4) is 0 Å². The average molecular weight is 311 g/mol. The molecule has 0 spiro atoms. The summed E-state index contributed by atoms with van der Waals surface area (Å²) >= 11 is 0. The largest absolute Gasteiger partial charge is 0.394 e. The molecule has 120 valence electrons. The smallest absolute Gasteiger partial charge is 0.183 e. The van der Waals surface area contributed by atoms with E-state index < -0.39 is 31.1 Å². The number of imidazole rings is 1. The molecule has 0 unspecified atom stereocenters. The van der Waals surface area contributed by atoms with Gasteiger partial charge in [-0.25, -0.2) is 20.0 Å². The van der Waals surface area contributed by atoms with Crippen LogP contribution in [-0.4, -0.2) is 73.9 Å². The minimum absolute atomic E-state index is 0.395. The molecular weight excluding hydrogens is 294 g/mol. The average Bonchev–Trinajstić information content (AvgIpc) is 3.08. The first-order valence-electron chi connectivity index (χ1n) is 6.66. The molecule has 10 heteroatoms. The molecule has 0 bridgehead atoms. The second-order valence-electron chi connectivity index (χ2n) is 4.93. The fourth-order valence-corrected chi connectivity index (χ4v) is 2.45. The van der Waals surface area contributed by atoms with E-state index in [0.29, 0.717) is 17.0 Å². The van der Waals surface area contributed by atoms with Crippen molar-refractivity contribution in [2.24, 2.45) is 0 Å². The summed E-state index contributed by atoms with van der Waals surface area (Å²) in [6, 6.07) is 0. The maximum atomic E-state index is 10.1. The van der Waals surface area contributed by atoms with Crippen LogP contribution in [0.25, 0.3) is 11.2 Å². The molecule has 1 aliphatic heterocycles. The molecule has 4 atom stereocenters. The third-order valence-corrected chi connectivity index (χ3v) is 3.70. The molecule has 2 aromatic rings. The normalized spacial score (nSPS) is 28.4. The minimum atomic E-state index is -1.20. The number of aromatic nitrogens is 4. The van der Waals surface area contributed by atoms with E-state index in [1.54, 1.807) is 7.05 Å². The number of rotatable bonds is 4. The summed E-state index contributed by atoms with van der Waals surface area (Å²) in [6.07, 6.45) is -1.36. The van der Waals surface area contributed by atoms with Gasteiger partial charge in [-0.05, 0) is 0 Å². The van der Waals surface area contributed by atoms with Crippen molar-refractivity contribution >= 4 is 17.0 Å². The predicted molar refractivity (Wildman–Crippen MR) is 73.7 cm³/mol. The molecule has 0 saturated carbocycles. The summed E-state index contributed by atoms with van der Waals surface area (Å²) in [4.78, 5) is 17.6. The quantitative estimate of drug-likeness (QED) is 0.574. The molecule has 3 N–H and O–H groups in total. The van der Waals surface area contributed by atoms with Crippen LogP contribution in [0, 0.1) is 0 Å². The Morgan fingerprint density at radius 3 is 2.73 bits per heavy atom. The zero-order valence-electron chi connectivity index (χ0n) is 12.1. The van der Waals surface area contributed by atoms with E-state index in [4.69, 9.17) is 14.7 Å². The van der Waals surface area contributed by atoms with E-state index in [1.807, 2.05) is 0 Å².